The summed E-state index contributed by atoms with van der Waals surface area (Å²) in [6.07, 6.45) is 17.1. The van der Waals surface area contributed by atoms with Gasteiger partial charge in [-0.15, -0.1) is 0 Å². The molecule has 1 aliphatic heterocycles. The molecular weight excluding hydrogens is 513 g/mol. The predicted molar refractivity (Wildman–Crippen MR) is 157 cm³/mol. The van der Waals surface area contributed by atoms with Crippen molar-refractivity contribution in [1.29, 1.82) is 0 Å². The summed E-state index contributed by atoms with van der Waals surface area (Å²) in [5.41, 5.74) is 0.477. The minimum atomic E-state index is -0.969. The molecule has 0 aliphatic carbocycles. The highest BCUT2D eigenvalue weighted by Gasteiger charge is 2.46. The van der Waals surface area contributed by atoms with Gasteiger partial charge in [0.25, 0.3) is 11.7 Å². The third-order valence-electron chi connectivity index (χ3n) is 7.61. The van der Waals surface area contributed by atoms with Crippen molar-refractivity contribution in [1.82, 2.24) is 4.90 Å². The summed E-state index contributed by atoms with van der Waals surface area (Å²) in [4.78, 5) is 27.6. The van der Waals surface area contributed by atoms with E-state index in [0.29, 0.717) is 17.1 Å². The number of ketones is 1. The number of aliphatic hydroxyl groups is 1. The molecule has 1 fully saturated rings. The summed E-state index contributed by atoms with van der Waals surface area (Å²) in [5, 5.41) is 11.5. The van der Waals surface area contributed by atoms with Crippen LogP contribution in [-0.2, 0) is 9.59 Å². The SMILES string of the molecule is CCCCCCCCCCCCCCCCN1C(=O)C(=O)C(=C(O)c2ccc(Cl)cc2)[C@@H]1c1ccccc1F. The largest absolute Gasteiger partial charge is 0.507 e. The van der Waals surface area contributed by atoms with Crippen molar-refractivity contribution in [3.8, 4) is 0 Å². The first-order valence-electron chi connectivity index (χ1n) is 14.7. The molecule has 1 amide bonds. The number of Topliss-reactive ketones (excluding diaryl/α,β-unsaturated/α-hetero) is 1. The molecule has 4 nitrogen and oxygen atoms in total. The zero-order valence-corrected chi connectivity index (χ0v) is 24.0. The number of aliphatic hydroxyl groups excluding tert-OH is 1. The summed E-state index contributed by atoms with van der Waals surface area (Å²) in [7, 11) is 0. The van der Waals surface area contributed by atoms with Gasteiger partial charge in [-0.1, -0.05) is 120 Å². The number of unbranched alkanes of at least 4 members (excludes halogenated alkanes) is 13. The molecular formula is C33H43ClFNO3. The number of rotatable bonds is 17. The van der Waals surface area contributed by atoms with E-state index in [0.717, 1.165) is 25.7 Å². The van der Waals surface area contributed by atoms with E-state index in [9.17, 15) is 19.1 Å². The lowest BCUT2D eigenvalue weighted by atomic mass is 9.95. The van der Waals surface area contributed by atoms with Crippen LogP contribution in [0.1, 0.15) is 114 Å². The maximum Gasteiger partial charge on any atom is 0.295 e. The highest BCUT2D eigenvalue weighted by molar-refractivity contribution is 6.46. The Hall–Kier alpha value is -2.66. The molecule has 1 N–H and O–H groups in total. The molecule has 39 heavy (non-hydrogen) atoms. The van der Waals surface area contributed by atoms with Crippen molar-refractivity contribution >= 4 is 29.1 Å². The minimum Gasteiger partial charge on any atom is -0.507 e. The zero-order valence-electron chi connectivity index (χ0n) is 23.3. The fraction of sp³-hybridized carbons (Fsp3) is 0.515. The normalized spacial score (nSPS) is 16.8. The number of carbonyl (C=O) groups is 2. The molecule has 1 saturated heterocycles. The van der Waals surface area contributed by atoms with Crippen molar-refractivity contribution in [2.24, 2.45) is 0 Å². The Bertz CT molecular complexity index is 1100. The van der Waals surface area contributed by atoms with Crippen molar-refractivity contribution in [3.05, 3.63) is 76.1 Å². The van der Waals surface area contributed by atoms with Crippen LogP contribution in [-0.4, -0.2) is 28.2 Å². The average Bonchev–Trinajstić information content (AvgIpc) is 3.18. The van der Waals surface area contributed by atoms with Crippen LogP contribution >= 0.6 is 11.6 Å². The Morgan fingerprint density at radius 2 is 1.31 bits per heavy atom. The molecule has 0 saturated carbocycles. The van der Waals surface area contributed by atoms with Crippen LogP contribution < -0.4 is 0 Å². The van der Waals surface area contributed by atoms with Crippen molar-refractivity contribution in [2.45, 2.75) is 103 Å². The third-order valence-corrected chi connectivity index (χ3v) is 7.86. The number of hydrogen-bond donors (Lipinski definition) is 1. The van der Waals surface area contributed by atoms with E-state index in [1.54, 1.807) is 42.5 Å². The van der Waals surface area contributed by atoms with Gasteiger partial charge in [0.1, 0.15) is 11.6 Å². The second kappa shape index (κ2) is 16.4. The van der Waals surface area contributed by atoms with E-state index in [-0.39, 0.29) is 16.9 Å². The lowest BCUT2D eigenvalue weighted by Gasteiger charge is -2.25. The van der Waals surface area contributed by atoms with E-state index in [1.165, 1.54) is 75.2 Å². The predicted octanol–water partition coefficient (Wildman–Crippen LogP) is 9.38. The van der Waals surface area contributed by atoms with Gasteiger partial charge >= 0.3 is 0 Å². The van der Waals surface area contributed by atoms with Crippen molar-refractivity contribution in [2.75, 3.05) is 6.54 Å². The van der Waals surface area contributed by atoms with Gasteiger partial charge in [-0.3, -0.25) is 9.59 Å². The van der Waals surface area contributed by atoms with Gasteiger partial charge in [0.2, 0.25) is 0 Å². The maximum atomic E-state index is 14.9. The van der Waals surface area contributed by atoms with Crippen LogP contribution in [0.3, 0.4) is 0 Å². The van der Waals surface area contributed by atoms with Crippen molar-refractivity contribution < 1.29 is 19.1 Å². The second-order valence-corrected chi connectivity index (χ2v) is 11.1. The molecule has 0 spiro atoms. The molecule has 1 aliphatic rings. The smallest absolute Gasteiger partial charge is 0.295 e. The van der Waals surface area contributed by atoms with Crippen LogP contribution in [0.4, 0.5) is 4.39 Å². The maximum absolute atomic E-state index is 14.9. The first-order valence-corrected chi connectivity index (χ1v) is 15.1. The number of benzene rings is 2. The Morgan fingerprint density at radius 3 is 1.85 bits per heavy atom. The Morgan fingerprint density at radius 1 is 0.795 bits per heavy atom. The topological polar surface area (TPSA) is 57.6 Å². The van der Waals surface area contributed by atoms with Crippen LogP contribution in [0.25, 0.3) is 5.76 Å². The molecule has 2 aromatic carbocycles. The number of amides is 1. The summed E-state index contributed by atoms with van der Waals surface area (Å²) >= 11 is 5.97. The quantitative estimate of drug-likeness (QED) is 0.0915. The molecule has 1 atom stereocenters. The number of carbonyl (C=O) groups excluding carboxylic acids is 2. The number of likely N-dealkylation sites (tertiary alicyclic amines) is 1. The molecule has 2 aromatic rings. The monoisotopic (exact) mass is 555 g/mol. The lowest BCUT2D eigenvalue weighted by molar-refractivity contribution is -0.140. The standard InChI is InChI=1S/C33H43ClFNO3/c1-2-3-4-5-6-7-8-9-10-11-12-13-14-17-24-36-30(27-18-15-16-19-28(27)35)29(32(38)33(36)39)31(37)25-20-22-26(34)23-21-25/h15-16,18-23,30,37H,2-14,17,24H2,1H3/t30-/m0/s1. The van der Waals surface area contributed by atoms with E-state index in [1.807, 2.05) is 0 Å². The lowest BCUT2D eigenvalue weighted by Crippen LogP contribution is -2.31. The fourth-order valence-corrected chi connectivity index (χ4v) is 5.50. The van der Waals surface area contributed by atoms with Gasteiger partial charge in [0, 0.05) is 22.7 Å². The van der Waals surface area contributed by atoms with Crippen LogP contribution in [0.5, 0.6) is 0 Å². The summed E-state index contributed by atoms with van der Waals surface area (Å²) in [6.45, 7) is 2.58. The molecule has 0 aromatic heterocycles. The molecule has 212 valence electrons. The number of nitrogens with zero attached hydrogens (tertiary/aromatic N) is 1. The molecule has 6 heteroatoms. The fourth-order valence-electron chi connectivity index (χ4n) is 5.37. The van der Waals surface area contributed by atoms with Crippen LogP contribution in [0.15, 0.2) is 54.1 Å². The average molecular weight is 556 g/mol. The summed E-state index contributed by atoms with van der Waals surface area (Å²) < 4.78 is 14.9. The molecule has 0 bridgehead atoms. The van der Waals surface area contributed by atoms with E-state index < -0.39 is 23.5 Å². The van der Waals surface area contributed by atoms with Gasteiger partial charge in [0.15, 0.2) is 0 Å². The van der Waals surface area contributed by atoms with Gasteiger partial charge in [-0.05, 0) is 36.8 Å². The van der Waals surface area contributed by atoms with Gasteiger partial charge in [-0.25, -0.2) is 4.39 Å². The second-order valence-electron chi connectivity index (χ2n) is 10.6. The highest BCUT2D eigenvalue weighted by atomic mass is 35.5. The van der Waals surface area contributed by atoms with E-state index >= 15 is 0 Å². The number of hydrogen-bond acceptors (Lipinski definition) is 3. The van der Waals surface area contributed by atoms with E-state index in [4.69, 9.17) is 11.6 Å². The van der Waals surface area contributed by atoms with E-state index in [2.05, 4.69) is 6.92 Å². The molecule has 3 rings (SSSR count). The Balaban J connectivity index is 1.54. The first-order chi connectivity index (χ1) is 19.0. The van der Waals surface area contributed by atoms with Crippen LogP contribution in [0, 0.1) is 5.82 Å². The zero-order chi connectivity index (χ0) is 28.0. The first kappa shape index (κ1) is 30.9. The summed E-state index contributed by atoms with van der Waals surface area (Å²) in [6, 6.07) is 11.5. The number of halogens is 2. The van der Waals surface area contributed by atoms with Gasteiger partial charge in [-0.2, -0.15) is 0 Å². The molecule has 1 heterocycles. The molecule has 0 unspecified atom stereocenters. The third kappa shape index (κ3) is 8.93. The van der Waals surface area contributed by atoms with Gasteiger partial charge in [0.05, 0.1) is 11.6 Å². The Kier molecular flexibility index (Phi) is 13.0. The van der Waals surface area contributed by atoms with Crippen molar-refractivity contribution in [3.63, 3.8) is 0 Å². The summed E-state index contributed by atoms with van der Waals surface area (Å²) in [5.74, 6) is -2.33. The Labute approximate surface area is 238 Å². The van der Waals surface area contributed by atoms with Crippen LogP contribution in [0.2, 0.25) is 5.02 Å². The molecule has 0 radical (unpaired) electrons. The minimum absolute atomic E-state index is 0.0854. The van der Waals surface area contributed by atoms with Gasteiger partial charge < -0.3 is 10.0 Å². The highest BCUT2D eigenvalue weighted by Crippen LogP contribution is 2.40.